The largest absolute Gasteiger partial charge is 0.392 e. The Morgan fingerprint density at radius 3 is 2.73 bits per heavy atom. The van der Waals surface area contributed by atoms with Gasteiger partial charge in [-0.3, -0.25) is 0 Å². The standard InChI is InChI=1S/C9H19NO/c1-7-4-3-5-9(7)10-6-8(2)11/h7-11H,3-6H2,1-2H3/t7-,8-,9-/m1/s1. The maximum Gasteiger partial charge on any atom is 0.0636 e. The van der Waals surface area contributed by atoms with E-state index in [0.717, 1.165) is 12.5 Å². The second kappa shape index (κ2) is 4.07. The van der Waals surface area contributed by atoms with Crippen LogP contribution in [0.2, 0.25) is 0 Å². The van der Waals surface area contributed by atoms with Gasteiger partial charge >= 0.3 is 0 Å². The Labute approximate surface area is 69.0 Å². The quantitative estimate of drug-likeness (QED) is 0.644. The summed E-state index contributed by atoms with van der Waals surface area (Å²) in [5.74, 6) is 0.800. The molecule has 1 fully saturated rings. The third-order valence-corrected chi connectivity index (χ3v) is 2.54. The summed E-state index contributed by atoms with van der Waals surface area (Å²) in [6, 6.07) is 0.657. The summed E-state index contributed by atoms with van der Waals surface area (Å²) in [5, 5.41) is 12.4. The highest BCUT2D eigenvalue weighted by Gasteiger charge is 2.22. The van der Waals surface area contributed by atoms with Crippen molar-refractivity contribution in [3.8, 4) is 0 Å². The molecular weight excluding hydrogens is 138 g/mol. The maximum absolute atomic E-state index is 9.04. The number of aliphatic hydroxyl groups is 1. The molecule has 11 heavy (non-hydrogen) atoms. The van der Waals surface area contributed by atoms with Gasteiger partial charge in [0.2, 0.25) is 0 Å². The van der Waals surface area contributed by atoms with Crippen LogP contribution in [0.3, 0.4) is 0 Å². The van der Waals surface area contributed by atoms with Crippen LogP contribution >= 0.6 is 0 Å². The Morgan fingerprint density at radius 1 is 1.55 bits per heavy atom. The highest BCUT2D eigenvalue weighted by Crippen LogP contribution is 2.24. The van der Waals surface area contributed by atoms with E-state index in [-0.39, 0.29) is 6.10 Å². The van der Waals surface area contributed by atoms with Crippen molar-refractivity contribution in [2.45, 2.75) is 45.3 Å². The van der Waals surface area contributed by atoms with Crippen LogP contribution in [0.1, 0.15) is 33.1 Å². The van der Waals surface area contributed by atoms with Crippen LogP contribution in [-0.2, 0) is 0 Å². The molecule has 0 aromatic carbocycles. The molecule has 66 valence electrons. The van der Waals surface area contributed by atoms with E-state index in [4.69, 9.17) is 5.11 Å². The summed E-state index contributed by atoms with van der Waals surface area (Å²) < 4.78 is 0. The first kappa shape index (κ1) is 9.01. The van der Waals surface area contributed by atoms with Gasteiger partial charge in [-0.2, -0.15) is 0 Å². The molecule has 0 aliphatic heterocycles. The van der Waals surface area contributed by atoms with Gasteiger partial charge in [0.15, 0.2) is 0 Å². The van der Waals surface area contributed by atoms with Gasteiger partial charge in [0, 0.05) is 12.6 Å². The SMILES string of the molecule is C[C@@H]1CCC[C@H]1NC[C@@H](C)O. The van der Waals surface area contributed by atoms with Crippen LogP contribution < -0.4 is 5.32 Å². The zero-order valence-electron chi connectivity index (χ0n) is 7.51. The van der Waals surface area contributed by atoms with Crippen LogP contribution in [0.5, 0.6) is 0 Å². The molecule has 0 saturated heterocycles. The lowest BCUT2D eigenvalue weighted by molar-refractivity contribution is 0.183. The van der Waals surface area contributed by atoms with Crippen LogP contribution in [0, 0.1) is 5.92 Å². The molecular formula is C9H19NO. The number of nitrogens with one attached hydrogen (secondary N) is 1. The van der Waals surface area contributed by atoms with Crippen molar-refractivity contribution in [1.29, 1.82) is 0 Å². The Morgan fingerprint density at radius 2 is 2.27 bits per heavy atom. The Balaban J connectivity index is 2.15. The smallest absolute Gasteiger partial charge is 0.0636 e. The number of hydrogen-bond donors (Lipinski definition) is 2. The molecule has 0 aromatic rings. The molecule has 0 unspecified atom stereocenters. The van der Waals surface area contributed by atoms with Crippen molar-refractivity contribution < 1.29 is 5.11 Å². The van der Waals surface area contributed by atoms with Gasteiger partial charge in [0.1, 0.15) is 0 Å². The summed E-state index contributed by atoms with van der Waals surface area (Å²) >= 11 is 0. The van der Waals surface area contributed by atoms with Gasteiger partial charge in [0.05, 0.1) is 6.10 Å². The van der Waals surface area contributed by atoms with Crippen LogP contribution in [-0.4, -0.2) is 23.8 Å². The minimum Gasteiger partial charge on any atom is -0.392 e. The highest BCUT2D eigenvalue weighted by atomic mass is 16.3. The van der Waals surface area contributed by atoms with Crippen molar-refractivity contribution in [2.75, 3.05) is 6.54 Å². The predicted molar refractivity (Wildman–Crippen MR) is 46.5 cm³/mol. The van der Waals surface area contributed by atoms with Crippen LogP contribution in [0.25, 0.3) is 0 Å². The average molecular weight is 157 g/mol. The molecule has 1 rings (SSSR count). The second-order valence-corrected chi connectivity index (χ2v) is 3.77. The Kier molecular flexibility index (Phi) is 3.34. The minimum absolute atomic E-state index is 0.206. The van der Waals surface area contributed by atoms with E-state index >= 15 is 0 Å². The average Bonchev–Trinajstić information content (AvgIpc) is 2.31. The van der Waals surface area contributed by atoms with E-state index in [1.54, 1.807) is 0 Å². The van der Waals surface area contributed by atoms with Gasteiger partial charge < -0.3 is 10.4 Å². The molecule has 2 N–H and O–H groups in total. The van der Waals surface area contributed by atoms with Crippen molar-refractivity contribution in [2.24, 2.45) is 5.92 Å². The summed E-state index contributed by atoms with van der Waals surface area (Å²) in [7, 11) is 0. The third kappa shape index (κ3) is 2.80. The first-order chi connectivity index (χ1) is 5.20. The van der Waals surface area contributed by atoms with E-state index in [0.29, 0.717) is 6.04 Å². The Bertz CT molecular complexity index is 114. The Hall–Kier alpha value is -0.0800. The lowest BCUT2D eigenvalue weighted by atomic mass is 10.1. The van der Waals surface area contributed by atoms with E-state index in [9.17, 15) is 0 Å². The van der Waals surface area contributed by atoms with Crippen LogP contribution in [0.4, 0.5) is 0 Å². The monoisotopic (exact) mass is 157 g/mol. The predicted octanol–water partition coefficient (Wildman–Crippen LogP) is 1.15. The zero-order chi connectivity index (χ0) is 8.27. The molecule has 1 aliphatic carbocycles. The number of aliphatic hydroxyl groups excluding tert-OH is 1. The zero-order valence-corrected chi connectivity index (χ0v) is 7.51. The first-order valence-electron chi connectivity index (χ1n) is 4.61. The molecule has 0 radical (unpaired) electrons. The van der Waals surface area contributed by atoms with E-state index in [2.05, 4.69) is 12.2 Å². The van der Waals surface area contributed by atoms with E-state index < -0.39 is 0 Å². The normalized spacial score (nSPS) is 34.1. The fraction of sp³-hybridized carbons (Fsp3) is 1.00. The molecule has 0 aromatic heterocycles. The summed E-state index contributed by atoms with van der Waals surface area (Å²) in [6.45, 7) is 4.86. The van der Waals surface area contributed by atoms with Crippen molar-refractivity contribution in [1.82, 2.24) is 5.32 Å². The third-order valence-electron chi connectivity index (χ3n) is 2.54. The molecule has 2 heteroatoms. The van der Waals surface area contributed by atoms with Crippen molar-refractivity contribution in [3.05, 3.63) is 0 Å². The lowest BCUT2D eigenvalue weighted by Crippen LogP contribution is -2.35. The molecule has 0 heterocycles. The number of hydrogen-bond acceptors (Lipinski definition) is 2. The maximum atomic E-state index is 9.04. The molecule has 1 aliphatic rings. The molecule has 0 amide bonds. The molecule has 3 atom stereocenters. The minimum atomic E-state index is -0.206. The molecule has 0 spiro atoms. The van der Waals surface area contributed by atoms with Crippen molar-refractivity contribution in [3.63, 3.8) is 0 Å². The number of rotatable bonds is 3. The summed E-state index contributed by atoms with van der Waals surface area (Å²) in [5.41, 5.74) is 0. The lowest BCUT2D eigenvalue weighted by Gasteiger charge is -2.17. The summed E-state index contributed by atoms with van der Waals surface area (Å²) in [4.78, 5) is 0. The van der Waals surface area contributed by atoms with Gasteiger partial charge in [-0.25, -0.2) is 0 Å². The van der Waals surface area contributed by atoms with Gasteiger partial charge in [0.25, 0.3) is 0 Å². The fourth-order valence-electron chi connectivity index (χ4n) is 1.77. The van der Waals surface area contributed by atoms with E-state index in [1.165, 1.54) is 19.3 Å². The van der Waals surface area contributed by atoms with E-state index in [1.807, 2.05) is 6.92 Å². The van der Waals surface area contributed by atoms with Crippen molar-refractivity contribution >= 4 is 0 Å². The van der Waals surface area contributed by atoms with Crippen LogP contribution in [0.15, 0.2) is 0 Å². The van der Waals surface area contributed by atoms with Gasteiger partial charge in [-0.05, 0) is 25.7 Å². The topological polar surface area (TPSA) is 32.3 Å². The fourth-order valence-corrected chi connectivity index (χ4v) is 1.77. The van der Waals surface area contributed by atoms with Gasteiger partial charge in [-0.1, -0.05) is 13.3 Å². The first-order valence-corrected chi connectivity index (χ1v) is 4.61. The summed E-state index contributed by atoms with van der Waals surface area (Å²) in [6.07, 6.45) is 3.77. The van der Waals surface area contributed by atoms with Gasteiger partial charge in [-0.15, -0.1) is 0 Å². The molecule has 2 nitrogen and oxygen atoms in total. The molecule has 1 saturated carbocycles. The second-order valence-electron chi connectivity index (χ2n) is 3.77. The highest BCUT2D eigenvalue weighted by molar-refractivity contribution is 4.80. The molecule has 0 bridgehead atoms.